The van der Waals surface area contributed by atoms with E-state index in [1.807, 2.05) is 13.0 Å². The standard InChI is InChI=1S/C16H23N3O/c1-13-12-16(14-6-4-5-7-15(14)18-13)19(2)10-8-17-9-11-20-3/h4-7,12,17H,8-11H2,1-3H3. The molecule has 1 aromatic heterocycles. The van der Waals surface area contributed by atoms with Crippen molar-refractivity contribution in [2.45, 2.75) is 6.92 Å². The lowest BCUT2D eigenvalue weighted by Crippen LogP contribution is -2.31. The normalized spacial score (nSPS) is 10.9. The Morgan fingerprint density at radius 1 is 1.25 bits per heavy atom. The molecule has 0 aliphatic heterocycles. The molecule has 0 aliphatic carbocycles. The predicted octanol–water partition coefficient (Wildman–Crippen LogP) is 2.22. The summed E-state index contributed by atoms with van der Waals surface area (Å²) in [5.41, 5.74) is 3.35. The summed E-state index contributed by atoms with van der Waals surface area (Å²) in [5, 5.41) is 4.57. The highest BCUT2D eigenvalue weighted by Gasteiger charge is 2.07. The van der Waals surface area contributed by atoms with Gasteiger partial charge in [0.05, 0.1) is 12.1 Å². The molecular weight excluding hydrogens is 250 g/mol. The zero-order chi connectivity index (χ0) is 14.4. The van der Waals surface area contributed by atoms with Crippen LogP contribution in [-0.4, -0.2) is 45.4 Å². The average Bonchev–Trinajstić information content (AvgIpc) is 2.46. The number of methoxy groups -OCH3 is 1. The summed E-state index contributed by atoms with van der Waals surface area (Å²) in [6, 6.07) is 10.4. The third-order valence-corrected chi connectivity index (χ3v) is 3.34. The summed E-state index contributed by atoms with van der Waals surface area (Å²) >= 11 is 0. The van der Waals surface area contributed by atoms with Gasteiger partial charge in [0, 0.05) is 50.6 Å². The van der Waals surface area contributed by atoms with Gasteiger partial charge in [0.15, 0.2) is 0 Å². The van der Waals surface area contributed by atoms with Gasteiger partial charge >= 0.3 is 0 Å². The Morgan fingerprint density at radius 2 is 2.05 bits per heavy atom. The van der Waals surface area contributed by atoms with Gasteiger partial charge in [-0.2, -0.15) is 0 Å². The number of likely N-dealkylation sites (N-methyl/N-ethyl adjacent to an activating group) is 1. The molecular formula is C16H23N3O. The maximum atomic E-state index is 5.02. The van der Waals surface area contributed by atoms with Gasteiger partial charge in [-0.3, -0.25) is 4.98 Å². The first-order valence-electron chi connectivity index (χ1n) is 6.99. The van der Waals surface area contributed by atoms with Gasteiger partial charge in [-0.1, -0.05) is 18.2 Å². The largest absolute Gasteiger partial charge is 0.383 e. The smallest absolute Gasteiger partial charge is 0.0726 e. The zero-order valence-corrected chi connectivity index (χ0v) is 12.5. The molecule has 0 saturated carbocycles. The summed E-state index contributed by atoms with van der Waals surface area (Å²) in [4.78, 5) is 6.86. The highest BCUT2D eigenvalue weighted by molar-refractivity contribution is 5.91. The van der Waals surface area contributed by atoms with Crippen LogP contribution in [0.5, 0.6) is 0 Å². The quantitative estimate of drug-likeness (QED) is 0.785. The maximum Gasteiger partial charge on any atom is 0.0726 e. The van der Waals surface area contributed by atoms with Gasteiger partial charge in [0.25, 0.3) is 0 Å². The van der Waals surface area contributed by atoms with Gasteiger partial charge in [-0.05, 0) is 19.1 Å². The molecule has 0 unspecified atom stereocenters. The van der Waals surface area contributed by atoms with Crippen molar-refractivity contribution in [3.05, 3.63) is 36.0 Å². The molecule has 0 radical (unpaired) electrons. The van der Waals surface area contributed by atoms with Crippen LogP contribution in [0.3, 0.4) is 0 Å². The lowest BCUT2D eigenvalue weighted by Gasteiger charge is -2.21. The number of anilines is 1. The Balaban J connectivity index is 2.07. The van der Waals surface area contributed by atoms with E-state index >= 15 is 0 Å². The molecule has 0 saturated heterocycles. The second kappa shape index (κ2) is 7.22. The second-order valence-corrected chi connectivity index (χ2v) is 4.96. The molecule has 0 atom stereocenters. The fourth-order valence-corrected chi connectivity index (χ4v) is 2.27. The minimum Gasteiger partial charge on any atom is -0.383 e. The molecule has 0 aliphatic rings. The summed E-state index contributed by atoms with van der Waals surface area (Å²) in [6.45, 7) is 5.58. The first kappa shape index (κ1) is 14.8. The van der Waals surface area contributed by atoms with E-state index in [4.69, 9.17) is 4.74 Å². The number of hydrogen-bond donors (Lipinski definition) is 1. The molecule has 1 heterocycles. The van der Waals surface area contributed by atoms with Crippen LogP contribution in [0.1, 0.15) is 5.69 Å². The maximum absolute atomic E-state index is 5.02. The van der Waals surface area contributed by atoms with E-state index < -0.39 is 0 Å². The number of rotatable bonds is 7. The Hall–Kier alpha value is -1.65. The van der Waals surface area contributed by atoms with Crippen molar-refractivity contribution in [2.75, 3.05) is 45.3 Å². The monoisotopic (exact) mass is 273 g/mol. The van der Waals surface area contributed by atoms with Crippen molar-refractivity contribution >= 4 is 16.6 Å². The molecule has 20 heavy (non-hydrogen) atoms. The molecule has 0 bridgehead atoms. The van der Waals surface area contributed by atoms with Crippen LogP contribution >= 0.6 is 0 Å². The van der Waals surface area contributed by atoms with Crippen molar-refractivity contribution in [3.63, 3.8) is 0 Å². The van der Waals surface area contributed by atoms with Crippen LogP contribution in [-0.2, 0) is 4.74 Å². The average molecular weight is 273 g/mol. The summed E-state index contributed by atoms with van der Waals surface area (Å²) < 4.78 is 5.02. The SMILES string of the molecule is COCCNCCN(C)c1cc(C)nc2ccccc12. The molecule has 0 amide bonds. The Bertz CT molecular complexity index is 556. The number of benzene rings is 1. The number of para-hydroxylation sites is 1. The van der Waals surface area contributed by atoms with Gasteiger partial charge in [0.2, 0.25) is 0 Å². The van der Waals surface area contributed by atoms with Gasteiger partial charge < -0.3 is 15.0 Å². The highest BCUT2D eigenvalue weighted by atomic mass is 16.5. The third-order valence-electron chi connectivity index (χ3n) is 3.34. The molecule has 2 rings (SSSR count). The molecule has 4 nitrogen and oxygen atoms in total. The topological polar surface area (TPSA) is 37.4 Å². The molecule has 0 spiro atoms. The molecule has 0 fully saturated rings. The Kier molecular flexibility index (Phi) is 5.32. The minimum atomic E-state index is 0.751. The van der Waals surface area contributed by atoms with Gasteiger partial charge in [-0.15, -0.1) is 0 Å². The van der Waals surface area contributed by atoms with E-state index in [-0.39, 0.29) is 0 Å². The molecule has 1 N–H and O–H groups in total. The Labute approximate surface area is 120 Å². The van der Waals surface area contributed by atoms with Gasteiger partial charge in [-0.25, -0.2) is 0 Å². The minimum absolute atomic E-state index is 0.751. The van der Waals surface area contributed by atoms with Crippen molar-refractivity contribution in [1.82, 2.24) is 10.3 Å². The van der Waals surface area contributed by atoms with Crippen molar-refractivity contribution < 1.29 is 4.74 Å². The number of pyridine rings is 1. The molecule has 4 heteroatoms. The summed E-state index contributed by atoms with van der Waals surface area (Å²) in [5.74, 6) is 0. The van der Waals surface area contributed by atoms with Crippen LogP contribution in [0.15, 0.2) is 30.3 Å². The highest BCUT2D eigenvalue weighted by Crippen LogP contribution is 2.25. The summed E-state index contributed by atoms with van der Waals surface area (Å²) in [6.07, 6.45) is 0. The number of hydrogen-bond acceptors (Lipinski definition) is 4. The van der Waals surface area contributed by atoms with Gasteiger partial charge in [0.1, 0.15) is 0 Å². The van der Waals surface area contributed by atoms with E-state index in [2.05, 4.69) is 46.5 Å². The zero-order valence-electron chi connectivity index (χ0n) is 12.5. The molecule has 2 aromatic rings. The number of nitrogens with zero attached hydrogens (tertiary/aromatic N) is 2. The third kappa shape index (κ3) is 3.68. The molecule has 1 aromatic carbocycles. The summed E-state index contributed by atoms with van der Waals surface area (Å²) in [7, 11) is 3.85. The van der Waals surface area contributed by atoms with E-state index in [0.29, 0.717) is 0 Å². The van der Waals surface area contributed by atoms with E-state index in [1.54, 1.807) is 7.11 Å². The fourth-order valence-electron chi connectivity index (χ4n) is 2.27. The van der Waals surface area contributed by atoms with Crippen LogP contribution < -0.4 is 10.2 Å². The van der Waals surface area contributed by atoms with Crippen LogP contribution in [0.4, 0.5) is 5.69 Å². The Morgan fingerprint density at radius 3 is 2.85 bits per heavy atom. The first-order chi connectivity index (χ1) is 9.72. The van der Waals surface area contributed by atoms with Crippen molar-refractivity contribution in [3.8, 4) is 0 Å². The number of nitrogens with one attached hydrogen (secondary N) is 1. The van der Waals surface area contributed by atoms with Crippen molar-refractivity contribution in [1.29, 1.82) is 0 Å². The molecule has 108 valence electrons. The lowest BCUT2D eigenvalue weighted by atomic mass is 10.1. The van der Waals surface area contributed by atoms with E-state index in [1.165, 1.54) is 11.1 Å². The predicted molar refractivity (Wildman–Crippen MR) is 84.5 cm³/mol. The van der Waals surface area contributed by atoms with Crippen molar-refractivity contribution in [2.24, 2.45) is 0 Å². The number of aromatic nitrogens is 1. The number of ether oxygens (including phenoxy) is 1. The number of aryl methyl sites for hydroxylation is 1. The van der Waals surface area contributed by atoms with Crippen LogP contribution in [0.25, 0.3) is 10.9 Å². The first-order valence-corrected chi connectivity index (χ1v) is 6.99. The lowest BCUT2D eigenvalue weighted by molar-refractivity contribution is 0.200. The second-order valence-electron chi connectivity index (χ2n) is 4.96. The van der Waals surface area contributed by atoms with Crippen LogP contribution in [0.2, 0.25) is 0 Å². The number of fused-ring (bicyclic) bond motifs is 1. The van der Waals surface area contributed by atoms with Crippen LogP contribution in [0, 0.1) is 6.92 Å². The van der Waals surface area contributed by atoms with E-state index in [9.17, 15) is 0 Å². The fraction of sp³-hybridized carbons (Fsp3) is 0.438. The van der Waals surface area contributed by atoms with E-state index in [0.717, 1.165) is 37.5 Å².